The molecule has 1 spiro atoms. The summed E-state index contributed by atoms with van der Waals surface area (Å²) in [5.41, 5.74) is -0.806. The monoisotopic (exact) mass is 184 g/mol. The lowest BCUT2D eigenvalue weighted by molar-refractivity contribution is -0.147. The van der Waals surface area contributed by atoms with Crippen LogP contribution in [0.5, 0.6) is 0 Å². The molecule has 0 aliphatic heterocycles. The maximum Gasteiger partial charge on any atom is 0.312 e. The van der Waals surface area contributed by atoms with Gasteiger partial charge in [-0.1, -0.05) is 19.3 Å². The van der Waals surface area contributed by atoms with E-state index in [0.29, 0.717) is 6.42 Å². The fraction of sp³-hybridized carbons (Fsp3) is 0.900. The summed E-state index contributed by atoms with van der Waals surface area (Å²) in [6.45, 7) is -0.178. The standard InChI is InChI=1S/C10H16O3/c11-7-10(8(12)13)6-9(10)4-2-1-3-5-9/h11H,1-7H2,(H,12,13). The van der Waals surface area contributed by atoms with Crippen molar-refractivity contribution < 1.29 is 15.0 Å². The zero-order chi connectivity index (χ0) is 9.53. The molecule has 0 radical (unpaired) electrons. The van der Waals surface area contributed by atoms with Gasteiger partial charge in [0.15, 0.2) is 0 Å². The number of aliphatic carboxylic acids is 1. The number of hydrogen-bond donors (Lipinski definition) is 2. The Hall–Kier alpha value is -0.570. The molecule has 0 saturated heterocycles. The van der Waals surface area contributed by atoms with Crippen LogP contribution in [0.2, 0.25) is 0 Å². The van der Waals surface area contributed by atoms with E-state index >= 15 is 0 Å². The fourth-order valence-corrected chi connectivity index (χ4v) is 3.01. The van der Waals surface area contributed by atoms with Gasteiger partial charge in [-0.2, -0.15) is 0 Å². The lowest BCUT2D eigenvalue weighted by Crippen LogP contribution is -2.28. The Balaban J connectivity index is 2.15. The van der Waals surface area contributed by atoms with E-state index in [0.717, 1.165) is 25.7 Å². The molecule has 1 atom stereocenters. The van der Waals surface area contributed by atoms with Crippen molar-refractivity contribution in [2.24, 2.45) is 10.8 Å². The smallest absolute Gasteiger partial charge is 0.312 e. The molecule has 13 heavy (non-hydrogen) atoms. The number of aliphatic hydroxyl groups is 1. The van der Waals surface area contributed by atoms with Gasteiger partial charge in [0.1, 0.15) is 0 Å². The molecular weight excluding hydrogens is 168 g/mol. The molecule has 0 bridgehead atoms. The Kier molecular flexibility index (Phi) is 1.88. The highest BCUT2D eigenvalue weighted by molar-refractivity contribution is 5.80. The van der Waals surface area contributed by atoms with Gasteiger partial charge in [-0.25, -0.2) is 0 Å². The van der Waals surface area contributed by atoms with Gasteiger partial charge in [-0.3, -0.25) is 4.79 Å². The van der Waals surface area contributed by atoms with Crippen LogP contribution in [-0.4, -0.2) is 22.8 Å². The zero-order valence-corrected chi connectivity index (χ0v) is 7.75. The highest BCUT2D eigenvalue weighted by atomic mass is 16.4. The topological polar surface area (TPSA) is 57.5 Å². The van der Waals surface area contributed by atoms with Crippen LogP contribution in [0, 0.1) is 10.8 Å². The maximum absolute atomic E-state index is 11.0. The first-order valence-corrected chi connectivity index (χ1v) is 5.01. The average Bonchev–Trinajstić information content (AvgIpc) is 2.76. The third-order valence-electron chi connectivity index (χ3n) is 4.02. The summed E-state index contributed by atoms with van der Waals surface area (Å²) < 4.78 is 0. The summed E-state index contributed by atoms with van der Waals surface area (Å²) in [5.74, 6) is -0.795. The first-order chi connectivity index (χ1) is 6.17. The summed E-state index contributed by atoms with van der Waals surface area (Å²) in [6.07, 6.45) is 6.19. The van der Waals surface area contributed by atoms with Gasteiger partial charge in [-0.15, -0.1) is 0 Å². The number of rotatable bonds is 2. The third-order valence-corrected chi connectivity index (χ3v) is 4.02. The number of hydrogen-bond acceptors (Lipinski definition) is 2. The van der Waals surface area contributed by atoms with Gasteiger partial charge in [0.2, 0.25) is 0 Å². The Bertz CT molecular complexity index is 230. The van der Waals surface area contributed by atoms with Gasteiger partial charge in [-0.05, 0) is 24.7 Å². The van der Waals surface area contributed by atoms with Crippen LogP contribution in [-0.2, 0) is 4.79 Å². The van der Waals surface area contributed by atoms with Gasteiger partial charge in [0.05, 0.1) is 12.0 Å². The van der Waals surface area contributed by atoms with Crippen LogP contribution < -0.4 is 0 Å². The molecule has 0 aromatic heterocycles. The molecule has 74 valence electrons. The minimum atomic E-state index is -0.795. The van der Waals surface area contributed by atoms with Crippen molar-refractivity contribution in [3.05, 3.63) is 0 Å². The number of carbonyl (C=O) groups is 1. The first kappa shape index (κ1) is 9.00. The summed E-state index contributed by atoms with van der Waals surface area (Å²) in [6, 6.07) is 0. The molecule has 3 heteroatoms. The molecule has 0 aromatic rings. The summed E-state index contributed by atoms with van der Waals surface area (Å²) in [4.78, 5) is 11.0. The first-order valence-electron chi connectivity index (χ1n) is 5.01. The number of carboxylic acids is 1. The molecule has 2 N–H and O–H groups in total. The number of carboxylic acid groups (broad SMARTS) is 1. The third kappa shape index (κ3) is 1.03. The summed E-state index contributed by atoms with van der Waals surface area (Å²) in [5, 5.41) is 18.2. The molecule has 2 aliphatic rings. The molecule has 2 fully saturated rings. The quantitative estimate of drug-likeness (QED) is 0.682. The molecular formula is C10H16O3. The van der Waals surface area contributed by atoms with Crippen LogP contribution in [0.1, 0.15) is 38.5 Å². The van der Waals surface area contributed by atoms with E-state index in [4.69, 9.17) is 10.2 Å². The molecule has 0 heterocycles. The normalized spacial score (nSPS) is 36.1. The van der Waals surface area contributed by atoms with Gasteiger partial charge >= 0.3 is 5.97 Å². The van der Waals surface area contributed by atoms with E-state index in [1.807, 2.05) is 0 Å². The Labute approximate surface area is 77.8 Å². The molecule has 2 saturated carbocycles. The van der Waals surface area contributed by atoms with E-state index < -0.39 is 11.4 Å². The van der Waals surface area contributed by atoms with Gasteiger partial charge in [0, 0.05) is 0 Å². The van der Waals surface area contributed by atoms with E-state index in [2.05, 4.69) is 0 Å². The highest BCUT2D eigenvalue weighted by Crippen LogP contribution is 2.70. The van der Waals surface area contributed by atoms with Crippen LogP contribution >= 0.6 is 0 Å². The predicted molar refractivity (Wildman–Crippen MR) is 47.3 cm³/mol. The van der Waals surface area contributed by atoms with E-state index in [1.165, 1.54) is 6.42 Å². The summed E-state index contributed by atoms with van der Waals surface area (Å²) in [7, 11) is 0. The van der Waals surface area contributed by atoms with Gasteiger partial charge < -0.3 is 10.2 Å². The largest absolute Gasteiger partial charge is 0.481 e. The molecule has 3 nitrogen and oxygen atoms in total. The van der Waals surface area contributed by atoms with Crippen molar-refractivity contribution in [1.29, 1.82) is 0 Å². The lowest BCUT2D eigenvalue weighted by Gasteiger charge is -2.25. The maximum atomic E-state index is 11.0. The minimum absolute atomic E-state index is 0.0359. The molecule has 0 amide bonds. The molecule has 0 aromatic carbocycles. The lowest BCUT2D eigenvalue weighted by atomic mass is 9.80. The van der Waals surface area contributed by atoms with Gasteiger partial charge in [0.25, 0.3) is 0 Å². The second kappa shape index (κ2) is 2.71. The van der Waals surface area contributed by atoms with Crippen molar-refractivity contribution in [1.82, 2.24) is 0 Å². The molecule has 2 aliphatic carbocycles. The SMILES string of the molecule is O=C(O)C1(CO)CC12CCCCC2. The molecule has 1 unspecified atom stereocenters. The second-order valence-electron chi connectivity index (χ2n) is 4.56. The van der Waals surface area contributed by atoms with Crippen LogP contribution in [0.15, 0.2) is 0 Å². The Morgan fingerprint density at radius 1 is 1.23 bits per heavy atom. The van der Waals surface area contributed by atoms with Crippen molar-refractivity contribution in [2.45, 2.75) is 38.5 Å². The van der Waals surface area contributed by atoms with Crippen LogP contribution in [0.4, 0.5) is 0 Å². The average molecular weight is 184 g/mol. The van der Waals surface area contributed by atoms with Crippen molar-refractivity contribution in [2.75, 3.05) is 6.61 Å². The van der Waals surface area contributed by atoms with Crippen molar-refractivity contribution in [3.63, 3.8) is 0 Å². The van der Waals surface area contributed by atoms with Crippen molar-refractivity contribution in [3.8, 4) is 0 Å². The minimum Gasteiger partial charge on any atom is -0.481 e. The zero-order valence-electron chi connectivity index (χ0n) is 7.75. The van der Waals surface area contributed by atoms with E-state index in [9.17, 15) is 4.79 Å². The van der Waals surface area contributed by atoms with Crippen LogP contribution in [0.3, 0.4) is 0 Å². The van der Waals surface area contributed by atoms with E-state index in [1.54, 1.807) is 0 Å². The van der Waals surface area contributed by atoms with Crippen molar-refractivity contribution >= 4 is 5.97 Å². The van der Waals surface area contributed by atoms with Crippen LogP contribution in [0.25, 0.3) is 0 Å². The highest BCUT2D eigenvalue weighted by Gasteiger charge is 2.71. The Morgan fingerprint density at radius 2 is 1.85 bits per heavy atom. The second-order valence-corrected chi connectivity index (χ2v) is 4.56. The summed E-state index contributed by atoms with van der Waals surface area (Å²) >= 11 is 0. The fourth-order valence-electron chi connectivity index (χ4n) is 3.01. The number of aliphatic hydroxyl groups excluding tert-OH is 1. The Morgan fingerprint density at radius 3 is 2.23 bits per heavy atom. The molecule has 2 rings (SSSR count). The predicted octanol–water partition coefficient (Wildman–Crippen LogP) is 1.40. The van der Waals surface area contributed by atoms with E-state index in [-0.39, 0.29) is 12.0 Å².